The van der Waals surface area contributed by atoms with E-state index in [9.17, 15) is 9.59 Å². The van der Waals surface area contributed by atoms with Gasteiger partial charge in [-0.1, -0.05) is 60.1 Å². The van der Waals surface area contributed by atoms with Gasteiger partial charge in [-0.3, -0.25) is 9.59 Å². The molecule has 0 aliphatic rings. The summed E-state index contributed by atoms with van der Waals surface area (Å²) in [5, 5.41) is 12.1. The van der Waals surface area contributed by atoms with E-state index in [2.05, 4.69) is 5.32 Å². The molecule has 0 saturated heterocycles. The lowest BCUT2D eigenvalue weighted by atomic mass is 10.0. The van der Waals surface area contributed by atoms with E-state index in [1.165, 1.54) is 0 Å². The highest BCUT2D eigenvalue weighted by molar-refractivity contribution is 6.32. The Kier molecular flexibility index (Phi) is 6.72. The molecular weight excluding hydrogens is 438 g/mol. The van der Waals surface area contributed by atoms with E-state index in [0.29, 0.717) is 33.3 Å². The number of aliphatic carboxylic acids is 1. The van der Waals surface area contributed by atoms with E-state index >= 15 is 0 Å². The molecule has 4 rings (SSSR count). The van der Waals surface area contributed by atoms with E-state index in [-0.39, 0.29) is 12.3 Å². The quantitative estimate of drug-likeness (QED) is 0.324. The predicted octanol–water partition coefficient (Wildman–Crippen LogP) is 6.68. The number of hydrogen-bond donors (Lipinski definition) is 2. The van der Waals surface area contributed by atoms with Crippen LogP contribution >= 0.6 is 11.6 Å². The highest BCUT2D eigenvalue weighted by atomic mass is 35.5. The van der Waals surface area contributed by atoms with Gasteiger partial charge in [0.25, 0.3) is 5.91 Å². The molecule has 0 atom stereocenters. The molecule has 0 radical (unpaired) electrons. The Bertz CT molecular complexity index is 1290. The standard InChI is InChI=1S/C27H20ClNO4/c28-24-15-18(16-26(30)31)9-14-25(24)33-23-12-10-22(11-13-23)29-27(32)21-8-4-7-20(17-21)19-5-2-1-3-6-19/h1-15,17H,16H2,(H,29,32)(H,30,31). The Morgan fingerprint density at radius 1 is 0.818 bits per heavy atom. The van der Waals surface area contributed by atoms with Gasteiger partial charge in [0, 0.05) is 11.3 Å². The number of hydrogen-bond acceptors (Lipinski definition) is 3. The molecule has 0 aliphatic heterocycles. The Morgan fingerprint density at radius 3 is 2.24 bits per heavy atom. The summed E-state index contributed by atoms with van der Waals surface area (Å²) in [6.45, 7) is 0. The van der Waals surface area contributed by atoms with Crippen LogP contribution in [0.1, 0.15) is 15.9 Å². The average molecular weight is 458 g/mol. The van der Waals surface area contributed by atoms with Crippen molar-refractivity contribution in [3.63, 3.8) is 0 Å². The second kappa shape index (κ2) is 10.0. The van der Waals surface area contributed by atoms with E-state index < -0.39 is 5.97 Å². The number of carbonyl (C=O) groups is 2. The number of amides is 1. The van der Waals surface area contributed by atoms with Gasteiger partial charge in [0.15, 0.2) is 0 Å². The number of carboxylic acids is 1. The van der Waals surface area contributed by atoms with Crippen LogP contribution in [0.2, 0.25) is 5.02 Å². The van der Waals surface area contributed by atoms with Gasteiger partial charge in [-0.2, -0.15) is 0 Å². The summed E-state index contributed by atoms with van der Waals surface area (Å²) in [5.74, 6) is -0.185. The van der Waals surface area contributed by atoms with Gasteiger partial charge in [-0.25, -0.2) is 0 Å². The third-order valence-corrected chi connectivity index (χ3v) is 5.22. The van der Waals surface area contributed by atoms with Gasteiger partial charge in [-0.05, 0) is 65.2 Å². The zero-order valence-electron chi connectivity index (χ0n) is 17.5. The number of carboxylic acid groups (broad SMARTS) is 1. The van der Waals surface area contributed by atoms with Crippen LogP contribution in [0.4, 0.5) is 5.69 Å². The maximum atomic E-state index is 12.7. The zero-order chi connectivity index (χ0) is 23.2. The Labute approximate surface area is 196 Å². The highest BCUT2D eigenvalue weighted by Gasteiger charge is 2.10. The summed E-state index contributed by atoms with van der Waals surface area (Å²) in [6, 6.07) is 29.1. The summed E-state index contributed by atoms with van der Waals surface area (Å²) in [7, 11) is 0. The zero-order valence-corrected chi connectivity index (χ0v) is 18.3. The van der Waals surface area contributed by atoms with Crippen molar-refractivity contribution in [2.24, 2.45) is 0 Å². The number of benzene rings is 4. The molecule has 4 aromatic rings. The molecule has 2 N–H and O–H groups in total. The Hall–Kier alpha value is -4.09. The summed E-state index contributed by atoms with van der Waals surface area (Å²) in [4.78, 5) is 23.6. The van der Waals surface area contributed by atoms with Gasteiger partial charge in [-0.15, -0.1) is 0 Å². The molecule has 1 amide bonds. The van der Waals surface area contributed by atoms with Crippen LogP contribution in [0.3, 0.4) is 0 Å². The normalized spacial score (nSPS) is 10.5. The van der Waals surface area contributed by atoms with Crippen LogP contribution < -0.4 is 10.1 Å². The van der Waals surface area contributed by atoms with Gasteiger partial charge < -0.3 is 15.2 Å². The van der Waals surface area contributed by atoms with Gasteiger partial charge in [0.1, 0.15) is 11.5 Å². The minimum absolute atomic E-state index is 0.108. The van der Waals surface area contributed by atoms with Crippen LogP contribution in [-0.2, 0) is 11.2 Å². The number of ether oxygens (including phenoxy) is 1. The molecule has 0 unspecified atom stereocenters. The summed E-state index contributed by atoms with van der Waals surface area (Å²) >= 11 is 6.21. The molecule has 0 bridgehead atoms. The van der Waals surface area contributed by atoms with Crippen molar-refractivity contribution in [3.8, 4) is 22.6 Å². The second-order valence-electron chi connectivity index (χ2n) is 7.36. The monoisotopic (exact) mass is 457 g/mol. The fraction of sp³-hybridized carbons (Fsp3) is 0.0370. The molecule has 0 aromatic heterocycles. The van der Waals surface area contributed by atoms with E-state index in [4.69, 9.17) is 21.4 Å². The molecule has 33 heavy (non-hydrogen) atoms. The molecule has 4 aromatic carbocycles. The highest BCUT2D eigenvalue weighted by Crippen LogP contribution is 2.31. The summed E-state index contributed by atoms with van der Waals surface area (Å²) < 4.78 is 5.79. The summed E-state index contributed by atoms with van der Waals surface area (Å²) in [6.07, 6.45) is -0.108. The van der Waals surface area contributed by atoms with Crippen molar-refractivity contribution < 1.29 is 19.4 Å². The lowest BCUT2D eigenvalue weighted by molar-refractivity contribution is -0.136. The SMILES string of the molecule is O=C(O)Cc1ccc(Oc2ccc(NC(=O)c3cccc(-c4ccccc4)c3)cc2)c(Cl)c1. The molecule has 0 heterocycles. The van der Waals surface area contributed by atoms with Crippen molar-refractivity contribution in [1.82, 2.24) is 0 Å². The number of rotatable bonds is 7. The minimum Gasteiger partial charge on any atom is -0.481 e. The van der Waals surface area contributed by atoms with Crippen molar-refractivity contribution in [2.45, 2.75) is 6.42 Å². The third kappa shape index (κ3) is 5.79. The van der Waals surface area contributed by atoms with E-state index in [1.54, 1.807) is 48.5 Å². The van der Waals surface area contributed by atoms with Crippen molar-refractivity contribution in [3.05, 3.63) is 113 Å². The number of carbonyl (C=O) groups excluding carboxylic acids is 1. The number of halogens is 1. The molecule has 0 spiro atoms. The summed E-state index contributed by atoms with van der Waals surface area (Å²) in [5.41, 5.74) is 3.79. The Morgan fingerprint density at radius 2 is 1.55 bits per heavy atom. The maximum absolute atomic E-state index is 12.7. The molecule has 0 fully saturated rings. The second-order valence-corrected chi connectivity index (χ2v) is 7.77. The first kappa shape index (κ1) is 22.1. The molecule has 6 heteroatoms. The minimum atomic E-state index is -0.927. The third-order valence-electron chi connectivity index (χ3n) is 4.92. The maximum Gasteiger partial charge on any atom is 0.307 e. The number of nitrogens with one attached hydrogen (secondary N) is 1. The predicted molar refractivity (Wildman–Crippen MR) is 129 cm³/mol. The largest absolute Gasteiger partial charge is 0.481 e. The molecule has 0 aliphatic carbocycles. The lowest BCUT2D eigenvalue weighted by Gasteiger charge is -2.10. The first-order chi connectivity index (χ1) is 16.0. The average Bonchev–Trinajstić information content (AvgIpc) is 2.82. The molecule has 5 nitrogen and oxygen atoms in total. The van der Waals surface area contributed by atoms with Crippen molar-refractivity contribution in [1.29, 1.82) is 0 Å². The smallest absolute Gasteiger partial charge is 0.307 e. The van der Waals surface area contributed by atoms with Crippen LogP contribution in [0.5, 0.6) is 11.5 Å². The molecular formula is C27H20ClNO4. The van der Waals surface area contributed by atoms with Crippen LogP contribution in [0.25, 0.3) is 11.1 Å². The van der Waals surface area contributed by atoms with Crippen molar-refractivity contribution in [2.75, 3.05) is 5.32 Å². The fourth-order valence-electron chi connectivity index (χ4n) is 3.32. The van der Waals surface area contributed by atoms with Crippen molar-refractivity contribution >= 4 is 29.2 Å². The van der Waals surface area contributed by atoms with Crippen LogP contribution in [0, 0.1) is 0 Å². The van der Waals surface area contributed by atoms with E-state index in [1.807, 2.05) is 48.5 Å². The molecule has 0 saturated carbocycles. The Balaban J connectivity index is 1.42. The first-order valence-electron chi connectivity index (χ1n) is 10.2. The van der Waals surface area contributed by atoms with E-state index in [0.717, 1.165) is 11.1 Å². The number of anilines is 1. The van der Waals surface area contributed by atoms with Crippen LogP contribution in [-0.4, -0.2) is 17.0 Å². The first-order valence-corrected chi connectivity index (χ1v) is 10.6. The fourth-order valence-corrected chi connectivity index (χ4v) is 3.56. The van der Waals surface area contributed by atoms with Gasteiger partial charge >= 0.3 is 5.97 Å². The lowest BCUT2D eigenvalue weighted by Crippen LogP contribution is -2.11. The van der Waals surface area contributed by atoms with Crippen LogP contribution in [0.15, 0.2) is 97.1 Å². The topological polar surface area (TPSA) is 75.6 Å². The van der Waals surface area contributed by atoms with Gasteiger partial charge in [0.05, 0.1) is 11.4 Å². The van der Waals surface area contributed by atoms with Gasteiger partial charge in [0.2, 0.25) is 0 Å². The molecule has 164 valence electrons.